The van der Waals surface area contributed by atoms with Crippen molar-refractivity contribution >= 4 is 22.5 Å². The van der Waals surface area contributed by atoms with E-state index >= 15 is 0 Å². The average Bonchev–Trinajstić information content (AvgIpc) is 2.42. The van der Waals surface area contributed by atoms with E-state index in [1.165, 1.54) is 0 Å². The first-order chi connectivity index (χ1) is 9.22. The van der Waals surface area contributed by atoms with Crippen LogP contribution in [0.1, 0.15) is 11.4 Å². The van der Waals surface area contributed by atoms with E-state index in [1.54, 1.807) is 18.3 Å². The Morgan fingerprint density at radius 3 is 2.63 bits per heavy atom. The molecule has 1 heterocycles. The Labute approximate surface area is 115 Å². The number of benzene rings is 2. The molecule has 0 fully saturated rings. The first kappa shape index (κ1) is 11.9. The molecule has 0 saturated carbocycles. The highest BCUT2D eigenvalue weighted by atomic mass is 35.5. The van der Waals surface area contributed by atoms with Gasteiger partial charge in [-0.2, -0.15) is 0 Å². The van der Waals surface area contributed by atoms with Gasteiger partial charge in [0.1, 0.15) is 17.1 Å². The molecular weight excluding hydrogens is 260 g/mol. The second-order valence-corrected chi connectivity index (χ2v) is 4.74. The summed E-state index contributed by atoms with van der Waals surface area (Å²) in [6.45, 7) is 0. The number of aromatic nitrogens is 2. The van der Waals surface area contributed by atoms with E-state index < -0.39 is 0 Å². The molecule has 3 rings (SSSR count). The van der Waals surface area contributed by atoms with Crippen molar-refractivity contribution in [2.45, 2.75) is 6.42 Å². The summed E-state index contributed by atoms with van der Waals surface area (Å²) >= 11 is 5.85. The molecule has 0 saturated heterocycles. The summed E-state index contributed by atoms with van der Waals surface area (Å²) in [5, 5.41) is 11.3. The number of aromatic hydroxyl groups is 1. The summed E-state index contributed by atoms with van der Waals surface area (Å²) in [6, 6.07) is 12.9. The number of para-hydroxylation sites is 1. The van der Waals surface area contributed by atoms with Crippen molar-refractivity contribution in [3.05, 3.63) is 65.1 Å². The van der Waals surface area contributed by atoms with Gasteiger partial charge in [0.2, 0.25) is 0 Å². The number of phenolic OH excluding ortho intramolecular Hbond substituents is 1. The van der Waals surface area contributed by atoms with Crippen molar-refractivity contribution in [1.29, 1.82) is 0 Å². The van der Waals surface area contributed by atoms with Crippen molar-refractivity contribution in [1.82, 2.24) is 9.97 Å². The summed E-state index contributed by atoms with van der Waals surface area (Å²) in [6.07, 6.45) is 2.34. The Bertz CT molecular complexity index is 726. The van der Waals surface area contributed by atoms with Gasteiger partial charge < -0.3 is 5.11 Å². The number of rotatable bonds is 2. The van der Waals surface area contributed by atoms with E-state index in [4.69, 9.17) is 11.6 Å². The van der Waals surface area contributed by atoms with Gasteiger partial charge in [-0.15, -0.1) is 0 Å². The first-order valence-corrected chi connectivity index (χ1v) is 6.28. The molecule has 0 spiro atoms. The van der Waals surface area contributed by atoms with Crippen LogP contribution in [0.4, 0.5) is 0 Å². The van der Waals surface area contributed by atoms with E-state index in [2.05, 4.69) is 9.97 Å². The molecule has 3 nitrogen and oxygen atoms in total. The Hall–Kier alpha value is -2.13. The van der Waals surface area contributed by atoms with Gasteiger partial charge in [0.15, 0.2) is 0 Å². The summed E-state index contributed by atoms with van der Waals surface area (Å²) < 4.78 is 0. The lowest BCUT2D eigenvalue weighted by Gasteiger charge is -2.04. The van der Waals surface area contributed by atoms with Crippen molar-refractivity contribution in [3.8, 4) is 5.75 Å². The number of halogens is 1. The third kappa shape index (κ3) is 2.51. The zero-order valence-electron chi connectivity index (χ0n) is 10.0. The number of hydrogen-bond acceptors (Lipinski definition) is 3. The molecule has 0 aliphatic heterocycles. The highest BCUT2D eigenvalue weighted by Gasteiger charge is 2.05. The average molecular weight is 271 g/mol. The second-order valence-electron chi connectivity index (χ2n) is 4.30. The fourth-order valence-corrected chi connectivity index (χ4v) is 2.07. The van der Waals surface area contributed by atoms with Crippen molar-refractivity contribution in [3.63, 3.8) is 0 Å². The molecule has 0 unspecified atom stereocenters. The molecule has 1 N–H and O–H groups in total. The zero-order chi connectivity index (χ0) is 13.2. The van der Waals surface area contributed by atoms with Gasteiger partial charge in [-0.3, -0.25) is 0 Å². The Kier molecular flexibility index (Phi) is 3.05. The van der Waals surface area contributed by atoms with Crippen LogP contribution in [0, 0.1) is 0 Å². The predicted octanol–water partition coefficient (Wildman–Crippen LogP) is 3.58. The van der Waals surface area contributed by atoms with Gasteiger partial charge in [-0.25, -0.2) is 9.97 Å². The molecule has 0 radical (unpaired) electrons. The minimum Gasteiger partial charge on any atom is -0.506 e. The highest BCUT2D eigenvalue weighted by Crippen LogP contribution is 2.22. The highest BCUT2D eigenvalue weighted by molar-refractivity contribution is 6.30. The SMILES string of the molecule is Oc1cccc2cnc(Cc3ccc(Cl)cc3)nc12. The Balaban J connectivity index is 1.97. The molecule has 0 aliphatic carbocycles. The van der Waals surface area contributed by atoms with E-state index in [9.17, 15) is 5.11 Å². The van der Waals surface area contributed by atoms with Gasteiger partial charge in [0.25, 0.3) is 0 Å². The molecule has 0 aliphatic rings. The van der Waals surface area contributed by atoms with E-state index in [-0.39, 0.29) is 5.75 Å². The molecule has 19 heavy (non-hydrogen) atoms. The molecule has 4 heteroatoms. The number of phenols is 1. The lowest BCUT2D eigenvalue weighted by atomic mass is 10.1. The minimum atomic E-state index is 0.178. The van der Waals surface area contributed by atoms with Gasteiger partial charge in [0.05, 0.1) is 0 Å². The third-order valence-electron chi connectivity index (χ3n) is 2.91. The number of hydrogen-bond donors (Lipinski definition) is 1. The summed E-state index contributed by atoms with van der Waals surface area (Å²) in [7, 11) is 0. The molecule has 3 aromatic rings. The Morgan fingerprint density at radius 2 is 1.84 bits per heavy atom. The summed E-state index contributed by atoms with van der Waals surface area (Å²) in [5.74, 6) is 0.855. The Morgan fingerprint density at radius 1 is 1.05 bits per heavy atom. The van der Waals surface area contributed by atoms with Crippen LogP contribution >= 0.6 is 11.6 Å². The van der Waals surface area contributed by atoms with Crippen molar-refractivity contribution < 1.29 is 5.11 Å². The first-order valence-electron chi connectivity index (χ1n) is 5.90. The number of fused-ring (bicyclic) bond motifs is 1. The van der Waals surface area contributed by atoms with Crippen LogP contribution in [0.15, 0.2) is 48.7 Å². The van der Waals surface area contributed by atoms with Gasteiger partial charge in [-0.05, 0) is 23.8 Å². The van der Waals surface area contributed by atoms with Crippen LogP contribution in [0.3, 0.4) is 0 Å². The van der Waals surface area contributed by atoms with Crippen molar-refractivity contribution in [2.24, 2.45) is 0 Å². The zero-order valence-corrected chi connectivity index (χ0v) is 10.8. The molecule has 2 aromatic carbocycles. The molecule has 94 valence electrons. The molecule has 0 bridgehead atoms. The molecule has 1 aromatic heterocycles. The molecular formula is C15H11ClN2O. The fraction of sp³-hybridized carbons (Fsp3) is 0.0667. The predicted molar refractivity (Wildman–Crippen MR) is 75.5 cm³/mol. The monoisotopic (exact) mass is 270 g/mol. The van der Waals surface area contributed by atoms with Gasteiger partial charge in [-0.1, -0.05) is 35.9 Å². The third-order valence-corrected chi connectivity index (χ3v) is 3.17. The fourth-order valence-electron chi connectivity index (χ4n) is 1.95. The lowest BCUT2D eigenvalue weighted by molar-refractivity contribution is 0.480. The second kappa shape index (κ2) is 4.86. The lowest BCUT2D eigenvalue weighted by Crippen LogP contribution is -1.96. The largest absolute Gasteiger partial charge is 0.506 e. The van der Waals surface area contributed by atoms with E-state index in [0.29, 0.717) is 22.8 Å². The van der Waals surface area contributed by atoms with Crippen LogP contribution in [0.5, 0.6) is 5.75 Å². The maximum atomic E-state index is 9.79. The van der Waals surface area contributed by atoms with Gasteiger partial charge in [0, 0.05) is 23.0 Å². The molecule has 0 atom stereocenters. The van der Waals surface area contributed by atoms with Crippen LogP contribution in [0.2, 0.25) is 5.02 Å². The van der Waals surface area contributed by atoms with Crippen LogP contribution in [-0.2, 0) is 6.42 Å². The van der Waals surface area contributed by atoms with E-state index in [1.807, 2.05) is 30.3 Å². The summed E-state index contributed by atoms with van der Waals surface area (Å²) in [4.78, 5) is 8.71. The normalized spacial score (nSPS) is 10.8. The van der Waals surface area contributed by atoms with Crippen LogP contribution < -0.4 is 0 Å². The van der Waals surface area contributed by atoms with E-state index in [0.717, 1.165) is 10.9 Å². The topological polar surface area (TPSA) is 46.0 Å². The smallest absolute Gasteiger partial charge is 0.141 e. The molecule has 0 amide bonds. The van der Waals surface area contributed by atoms with Crippen LogP contribution in [0.25, 0.3) is 10.9 Å². The minimum absolute atomic E-state index is 0.178. The maximum absolute atomic E-state index is 9.79. The quantitative estimate of drug-likeness (QED) is 0.774. The van der Waals surface area contributed by atoms with Crippen molar-refractivity contribution in [2.75, 3.05) is 0 Å². The summed E-state index contributed by atoms with van der Waals surface area (Å²) in [5.41, 5.74) is 1.67. The van der Waals surface area contributed by atoms with Crippen LogP contribution in [-0.4, -0.2) is 15.1 Å². The maximum Gasteiger partial charge on any atom is 0.141 e. The number of nitrogens with zero attached hydrogens (tertiary/aromatic N) is 2. The van der Waals surface area contributed by atoms with Gasteiger partial charge >= 0.3 is 0 Å². The standard InChI is InChI=1S/C15H11ClN2O/c16-12-6-4-10(5-7-12)8-14-17-9-11-2-1-3-13(19)15(11)18-14/h1-7,9,19H,8H2.